The monoisotopic (exact) mass is 477 g/mol. The summed E-state index contributed by atoms with van der Waals surface area (Å²) in [6, 6.07) is 5.65. The van der Waals surface area contributed by atoms with E-state index in [-0.39, 0.29) is 18.2 Å². The van der Waals surface area contributed by atoms with Crippen molar-refractivity contribution in [1.29, 1.82) is 0 Å². The Morgan fingerprint density at radius 3 is 2.48 bits per heavy atom. The van der Waals surface area contributed by atoms with E-state index in [0.29, 0.717) is 12.1 Å². The number of hydrogen-bond acceptors (Lipinski definition) is 5. The summed E-state index contributed by atoms with van der Waals surface area (Å²) in [6.45, 7) is 13.7. The van der Waals surface area contributed by atoms with Gasteiger partial charge in [-0.05, 0) is 39.7 Å². The topological polar surface area (TPSA) is 87.7 Å². The smallest absolute Gasteiger partial charge is 0.408 e. The Balaban J connectivity index is 3.24. The van der Waals surface area contributed by atoms with E-state index in [2.05, 4.69) is 36.8 Å². The number of ether oxygens (including phenoxy) is 1. The van der Waals surface area contributed by atoms with Gasteiger partial charge in [0.05, 0.1) is 0 Å². The number of nitrogens with one attached hydrogen (secondary N) is 2. The SMILES string of the molecule is C=CCN(C(=O)C(CS)NC(=O)OC(C)(C)C)C(C(=O)NCCCCC)c1cccc(C)c1. The van der Waals surface area contributed by atoms with E-state index in [4.69, 9.17) is 4.74 Å². The molecule has 33 heavy (non-hydrogen) atoms. The maximum absolute atomic E-state index is 13.5. The van der Waals surface area contributed by atoms with Crippen LogP contribution in [-0.4, -0.2) is 53.3 Å². The number of carbonyl (C=O) groups excluding carboxylic acids is 3. The lowest BCUT2D eigenvalue weighted by Gasteiger charge is -2.33. The first-order chi connectivity index (χ1) is 15.5. The summed E-state index contributed by atoms with van der Waals surface area (Å²) in [4.78, 5) is 40.5. The first-order valence-electron chi connectivity index (χ1n) is 11.4. The van der Waals surface area contributed by atoms with Crippen LogP contribution in [0.2, 0.25) is 0 Å². The van der Waals surface area contributed by atoms with Crippen molar-refractivity contribution in [2.24, 2.45) is 0 Å². The summed E-state index contributed by atoms with van der Waals surface area (Å²) in [5.74, 6) is -0.669. The van der Waals surface area contributed by atoms with E-state index in [9.17, 15) is 14.4 Å². The Morgan fingerprint density at radius 2 is 1.94 bits per heavy atom. The Morgan fingerprint density at radius 1 is 1.24 bits per heavy atom. The molecule has 0 saturated carbocycles. The Bertz CT molecular complexity index is 807. The molecule has 1 aromatic carbocycles. The second kappa shape index (κ2) is 13.9. The van der Waals surface area contributed by atoms with Gasteiger partial charge in [-0.3, -0.25) is 9.59 Å². The van der Waals surface area contributed by atoms with E-state index >= 15 is 0 Å². The van der Waals surface area contributed by atoms with Crippen molar-refractivity contribution in [1.82, 2.24) is 15.5 Å². The van der Waals surface area contributed by atoms with Crippen LogP contribution in [0, 0.1) is 6.92 Å². The van der Waals surface area contributed by atoms with Gasteiger partial charge in [0.25, 0.3) is 0 Å². The average Bonchev–Trinajstić information content (AvgIpc) is 2.73. The van der Waals surface area contributed by atoms with Crippen molar-refractivity contribution >= 4 is 30.5 Å². The Hall–Kier alpha value is -2.48. The van der Waals surface area contributed by atoms with E-state index in [0.717, 1.165) is 24.8 Å². The highest BCUT2D eigenvalue weighted by atomic mass is 32.1. The van der Waals surface area contributed by atoms with Crippen LogP contribution in [0.15, 0.2) is 36.9 Å². The van der Waals surface area contributed by atoms with E-state index in [1.807, 2.05) is 31.2 Å². The number of hydrogen-bond donors (Lipinski definition) is 3. The standard InChI is InChI=1S/C25H39N3O4S/c1-7-9-10-14-26-22(29)21(19-13-11-12-18(3)16-19)28(15-8-2)23(30)20(17-33)27-24(31)32-25(4,5)6/h8,11-13,16,20-21,33H,2,7,9-10,14-15,17H2,1,3-6H3,(H,26,29)(H,27,31). The highest BCUT2D eigenvalue weighted by Crippen LogP contribution is 2.24. The molecule has 1 aromatic rings. The zero-order chi connectivity index (χ0) is 25.0. The van der Waals surface area contributed by atoms with Crippen LogP contribution < -0.4 is 10.6 Å². The van der Waals surface area contributed by atoms with E-state index in [1.54, 1.807) is 26.8 Å². The van der Waals surface area contributed by atoms with Gasteiger partial charge in [-0.25, -0.2) is 4.79 Å². The fraction of sp³-hybridized carbons (Fsp3) is 0.560. The van der Waals surface area contributed by atoms with Crippen molar-refractivity contribution in [3.63, 3.8) is 0 Å². The summed E-state index contributed by atoms with van der Waals surface area (Å²) < 4.78 is 5.29. The van der Waals surface area contributed by atoms with Gasteiger partial charge in [-0.15, -0.1) is 6.58 Å². The lowest BCUT2D eigenvalue weighted by atomic mass is 10.0. The quantitative estimate of drug-likeness (QED) is 0.239. The third-order valence-corrected chi connectivity index (χ3v) is 5.14. The van der Waals surface area contributed by atoms with Gasteiger partial charge in [0, 0.05) is 18.8 Å². The van der Waals surface area contributed by atoms with Crippen LogP contribution in [0.4, 0.5) is 4.79 Å². The number of amides is 3. The lowest BCUT2D eigenvalue weighted by Crippen LogP contribution is -2.53. The molecule has 0 spiro atoms. The number of benzene rings is 1. The molecule has 0 aliphatic rings. The lowest BCUT2D eigenvalue weighted by molar-refractivity contribution is -0.141. The summed E-state index contributed by atoms with van der Waals surface area (Å²) in [5.41, 5.74) is 0.950. The number of aryl methyl sites for hydroxylation is 1. The maximum atomic E-state index is 13.5. The molecule has 1 rings (SSSR count). The number of alkyl carbamates (subject to hydrolysis) is 1. The minimum Gasteiger partial charge on any atom is -0.444 e. The van der Waals surface area contributed by atoms with Crippen LogP contribution in [0.1, 0.15) is 64.1 Å². The molecule has 0 aromatic heterocycles. The maximum Gasteiger partial charge on any atom is 0.408 e. The molecule has 3 amide bonds. The molecule has 0 aliphatic carbocycles. The molecule has 2 atom stereocenters. The number of thiol groups is 1. The fourth-order valence-corrected chi connectivity index (χ4v) is 3.54. The molecule has 8 heteroatoms. The molecule has 0 radical (unpaired) electrons. The Labute approximate surface area is 203 Å². The van der Waals surface area contributed by atoms with Gasteiger partial charge in [0.15, 0.2) is 0 Å². The van der Waals surface area contributed by atoms with Crippen LogP contribution in [0.5, 0.6) is 0 Å². The highest BCUT2D eigenvalue weighted by Gasteiger charge is 2.35. The molecule has 0 aliphatic heterocycles. The normalized spacial score (nSPS) is 12.9. The fourth-order valence-electron chi connectivity index (χ4n) is 3.29. The molecular formula is C25H39N3O4S. The van der Waals surface area contributed by atoms with Gasteiger partial charge in [-0.1, -0.05) is 55.7 Å². The summed E-state index contributed by atoms with van der Waals surface area (Å²) in [6.07, 6.45) is 3.75. The zero-order valence-corrected chi connectivity index (χ0v) is 21.4. The van der Waals surface area contributed by atoms with Crippen molar-refractivity contribution in [3.05, 3.63) is 48.0 Å². The number of carbonyl (C=O) groups is 3. The third-order valence-electron chi connectivity index (χ3n) is 4.78. The molecule has 2 unspecified atom stereocenters. The molecule has 0 saturated heterocycles. The molecular weight excluding hydrogens is 438 g/mol. The summed E-state index contributed by atoms with van der Waals surface area (Å²) in [5, 5.41) is 5.54. The number of nitrogens with zero attached hydrogens (tertiary/aromatic N) is 1. The van der Waals surface area contributed by atoms with E-state index in [1.165, 1.54) is 4.90 Å². The van der Waals surface area contributed by atoms with Crippen LogP contribution >= 0.6 is 12.6 Å². The number of unbranched alkanes of at least 4 members (excludes halogenated alkanes) is 2. The van der Waals surface area contributed by atoms with Gasteiger partial charge >= 0.3 is 6.09 Å². The summed E-state index contributed by atoms with van der Waals surface area (Å²) in [7, 11) is 0. The van der Waals surface area contributed by atoms with Crippen molar-refractivity contribution < 1.29 is 19.1 Å². The Kier molecular flexibility index (Phi) is 12.1. The first kappa shape index (κ1) is 28.6. The molecule has 0 fully saturated rings. The average molecular weight is 478 g/mol. The predicted octanol–water partition coefficient (Wildman–Crippen LogP) is 4.18. The van der Waals surface area contributed by atoms with E-state index < -0.39 is 29.7 Å². The second-order valence-electron chi connectivity index (χ2n) is 8.98. The minimum absolute atomic E-state index is 0.0460. The summed E-state index contributed by atoms with van der Waals surface area (Å²) >= 11 is 4.26. The molecule has 0 heterocycles. The molecule has 2 N–H and O–H groups in total. The van der Waals surface area contributed by atoms with Crippen molar-refractivity contribution in [3.8, 4) is 0 Å². The first-order valence-corrected chi connectivity index (χ1v) is 12.0. The van der Waals surface area contributed by atoms with Crippen molar-refractivity contribution in [2.45, 2.75) is 71.6 Å². The van der Waals surface area contributed by atoms with Crippen LogP contribution in [0.3, 0.4) is 0 Å². The minimum atomic E-state index is -0.969. The molecule has 7 nitrogen and oxygen atoms in total. The largest absolute Gasteiger partial charge is 0.444 e. The zero-order valence-electron chi connectivity index (χ0n) is 20.5. The van der Waals surface area contributed by atoms with Gasteiger partial charge < -0.3 is 20.3 Å². The van der Waals surface area contributed by atoms with Gasteiger partial charge in [0.2, 0.25) is 11.8 Å². The van der Waals surface area contributed by atoms with Crippen molar-refractivity contribution in [2.75, 3.05) is 18.8 Å². The molecule has 184 valence electrons. The third kappa shape index (κ3) is 9.90. The highest BCUT2D eigenvalue weighted by molar-refractivity contribution is 7.80. The van der Waals surface area contributed by atoms with Crippen LogP contribution in [-0.2, 0) is 14.3 Å². The van der Waals surface area contributed by atoms with Gasteiger partial charge in [0.1, 0.15) is 17.7 Å². The van der Waals surface area contributed by atoms with Crippen LogP contribution in [0.25, 0.3) is 0 Å². The predicted molar refractivity (Wildman–Crippen MR) is 135 cm³/mol. The molecule has 0 bridgehead atoms. The second-order valence-corrected chi connectivity index (χ2v) is 9.34. The van der Waals surface area contributed by atoms with Gasteiger partial charge in [-0.2, -0.15) is 12.6 Å². The number of rotatable bonds is 12.